The fourth-order valence-corrected chi connectivity index (χ4v) is 3.39. The van der Waals surface area contributed by atoms with Crippen molar-refractivity contribution in [3.8, 4) is 0 Å². The van der Waals surface area contributed by atoms with Gasteiger partial charge in [-0.3, -0.25) is 0 Å². The number of hydrogen-bond donors (Lipinski definition) is 1. The van der Waals surface area contributed by atoms with Crippen LogP contribution >= 0.6 is 0 Å². The molecular weight excluding hydrogens is 198 g/mol. The largest absolute Gasteiger partial charge is 0.389 e. The maximum Gasteiger partial charge on any atom is 0.0774 e. The van der Waals surface area contributed by atoms with Crippen LogP contribution in [0.25, 0.3) is 0 Å². The first-order valence-corrected chi connectivity index (χ1v) is 7.04. The number of rotatable bonds is 3. The molecule has 0 aromatic rings. The van der Waals surface area contributed by atoms with E-state index in [2.05, 4.69) is 18.7 Å². The summed E-state index contributed by atoms with van der Waals surface area (Å²) < 4.78 is 0. The van der Waals surface area contributed by atoms with Crippen LogP contribution in [0.1, 0.15) is 52.4 Å². The molecule has 0 spiro atoms. The molecular formula is C14H27NO. The van der Waals surface area contributed by atoms with E-state index < -0.39 is 0 Å². The van der Waals surface area contributed by atoms with Gasteiger partial charge in [0.25, 0.3) is 0 Å². The lowest BCUT2D eigenvalue weighted by atomic mass is 9.86. The molecule has 0 unspecified atom stereocenters. The first kappa shape index (κ1) is 12.4. The van der Waals surface area contributed by atoms with Crippen LogP contribution in [-0.2, 0) is 0 Å². The maximum absolute atomic E-state index is 10.4. The first-order chi connectivity index (χ1) is 7.59. The fraction of sp³-hybridized carbons (Fsp3) is 1.00. The standard InChI is InChI=1S/C14H27NO/c1-12(2)13-5-9-15(10-6-13)11-14(16)7-3-4-8-14/h12-13,16H,3-11H2,1-2H3. The van der Waals surface area contributed by atoms with Crippen LogP contribution in [0.2, 0.25) is 0 Å². The van der Waals surface area contributed by atoms with E-state index in [9.17, 15) is 5.11 Å². The lowest BCUT2D eigenvalue weighted by Gasteiger charge is -2.37. The highest BCUT2D eigenvalue weighted by molar-refractivity contribution is 4.88. The highest BCUT2D eigenvalue weighted by atomic mass is 16.3. The molecule has 1 heterocycles. The second-order valence-electron chi connectivity index (χ2n) is 6.29. The van der Waals surface area contributed by atoms with E-state index in [1.807, 2.05) is 0 Å². The van der Waals surface area contributed by atoms with Crippen molar-refractivity contribution >= 4 is 0 Å². The monoisotopic (exact) mass is 225 g/mol. The predicted octanol–water partition coefficient (Wildman–Crippen LogP) is 2.66. The smallest absolute Gasteiger partial charge is 0.0774 e. The molecule has 16 heavy (non-hydrogen) atoms. The second-order valence-corrected chi connectivity index (χ2v) is 6.29. The number of piperidine rings is 1. The Labute approximate surface area is 100 Å². The predicted molar refractivity (Wildman–Crippen MR) is 67.4 cm³/mol. The zero-order valence-electron chi connectivity index (χ0n) is 10.9. The summed E-state index contributed by atoms with van der Waals surface area (Å²) in [7, 11) is 0. The Morgan fingerprint density at radius 2 is 1.75 bits per heavy atom. The van der Waals surface area contributed by atoms with Crippen molar-refractivity contribution in [2.45, 2.75) is 58.0 Å². The minimum atomic E-state index is -0.343. The Balaban J connectivity index is 1.76. The van der Waals surface area contributed by atoms with Crippen LogP contribution in [-0.4, -0.2) is 35.2 Å². The maximum atomic E-state index is 10.4. The summed E-state index contributed by atoms with van der Waals surface area (Å²) in [6, 6.07) is 0. The molecule has 0 bridgehead atoms. The van der Waals surface area contributed by atoms with Crippen LogP contribution in [0.4, 0.5) is 0 Å². The molecule has 2 aliphatic rings. The van der Waals surface area contributed by atoms with E-state index in [0.29, 0.717) is 0 Å². The summed E-state index contributed by atoms with van der Waals surface area (Å²) in [4.78, 5) is 2.49. The Kier molecular flexibility index (Phi) is 3.91. The van der Waals surface area contributed by atoms with Crippen molar-refractivity contribution in [3.05, 3.63) is 0 Å². The summed E-state index contributed by atoms with van der Waals surface area (Å²) >= 11 is 0. The van der Waals surface area contributed by atoms with Gasteiger partial charge in [-0.15, -0.1) is 0 Å². The van der Waals surface area contributed by atoms with E-state index in [4.69, 9.17) is 0 Å². The molecule has 2 fully saturated rings. The van der Waals surface area contributed by atoms with Gasteiger partial charge < -0.3 is 10.0 Å². The Morgan fingerprint density at radius 1 is 1.19 bits per heavy atom. The van der Waals surface area contributed by atoms with Gasteiger partial charge >= 0.3 is 0 Å². The molecule has 0 aromatic carbocycles. The average molecular weight is 225 g/mol. The minimum Gasteiger partial charge on any atom is -0.389 e. The van der Waals surface area contributed by atoms with Crippen LogP contribution < -0.4 is 0 Å². The van der Waals surface area contributed by atoms with Crippen molar-refractivity contribution < 1.29 is 5.11 Å². The second kappa shape index (κ2) is 5.05. The van der Waals surface area contributed by atoms with E-state index in [0.717, 1.165) is 31.2 Å². The first-order valence-electron chi connectivity index (χ1n) is 7.04. The van der Waals surface area contributed by atoms with Gasteiger partial charge in [0.1, 0.15) is 0 Å². The van der Waals surface area contributed by atoms with Gasteiger partial charge in [-0.25, -0.2) is 0 Å². The Hall–Kier alpha value is -0.0800. The molecule has 1 aliphatic heterocycles. The highest BCUT2D eigenvalue weighted by Crippen LogP contribution is 2.32. The van der Waals surface area contributed by atoms with E-state index in [1.165, 1.54) is 38.8 Å². The molecule has 0 radical (unpaired) electrons. The van der Waals surface area contributed by atoms with Gasteiger partial charge in [0.05, 0.1) is 5.60 Å². The number of nitrogens with zero attached hydrogens (tertiary/aromatic N) is 1. The lowest BCUT2D eigenvalue weighted by Crippen LogP contribution is -2.45. The third-order valence-electron chi connectivity index (χ3n) is 4.63. The quantitative estimate of drug-likeness (QED) is 0.798. The molecule has 2 heteroatoms. The third kappa shape index (κ3) is 2.98. The number of aliphatic hydroxyl groups is 1. The Bertz CT molecular complexity index is 213. The number of hydrogen-bond acceptors (Lipinski definition) is 2. The molecule has 0 atom stereocenters. The molecule has 1 aliphatic carbocycles. The molecule has 2 nitrogen and oxygen atoms in total. The van der Waals surface area contributed by atoms with Crippen LogP contribution in [0.3, 0.4) is 0 Å². The van der Waals surface area contributed by atoms with Crippen LogP contribution in [0.5, 0.6) is 0 Å². The summed E-state index contributed by atoms with van der Waals surface area (Å²) in [5.74, 6) is 1.74. The van der Waals surface area contributed by atoms with Gasteiger partial charge in [-0.1, -0.05) is 26.7 Å². The zero-order chi connectivity index (χ0) is 11.6. The molecule has 1 saturated heterocycles. The molecule has 1 N–H and O–H groups in total. The molecule has 0 aromatic heterocycles. The van der Waals surface area contributed by atoms with Crippen molar-refractivity contribution in [1.29, 1.82) is 0 Å². The van der Waals surface area contributed by atoms with E-state index in [-0.39, 0.29) is 5.60 Å². The van der Waals surface area contributed by atoms with Gasteiger partial charge in [0, 0.05) is 6.54 Å². The average Bonchev–Trinajstić information content (AvgIpc) is 2.65. The molecule has 2 rings (SSSR count). The van der Waals surface area contributed by atoms with Crippen molar-refractivity contribution in [3.63, 3.8) is 0 Å². The topological polar surface area (TPSA) is 23.5 Å². The van der Waals surface area contributed by atoms with Gasteiger partial charge in [-0.2, -0.15) is 0 Å². The number of likely N-dealkylation sites (tertiary alicyclic amines) is 1. The van der Waals surface area contributed by atoms with Gasteiger partial charge in [-0.05, 0) is 50.6 Å². The third-order valence-corrected chi connectivity index (χ3v) is 4.63. The summed E-state index contributed by atoms with van der Waals surface area (Å²) in [6.45, 7) is 8.00. The minimum absolute atomic E-state index is 0.343. The zero-order valence-corrected chi connectivity index (χ0v) is 10.9. The highest BCUT2D eigenvalue weighted by Gasteiger charge is 2.34. The van der Waals surface area contributed by atoms with Crippen molar-refractivity contribution in [1.82, 2.24) is 4.90 Å². The summed E-state index contributed by atoms with van der Waals surface area (Å²) in [5.41, 5.74) is -0.343. The van der Waals surface area contributed by atoms with Gasteiger partial charge in [0.2, 0.25) is 0 Å². The van der Waals surface area contributed by atoms with Crippen molar-refractivity contribution in [2.75, 3.05) is 19.6 Å². The normalized spacial score (nSPS) is 27.8. The Morgan fingerprint density at radius 3 is 2.25 bits per heavy atom. The van der Waals surface area contributed by atoms with Crippen LogP contribution in [0, 0.1) is 11.8 Å². The van der Waals surface area contributed by atoms with Crippen molar-refractivity contribution in [2.24, 2.45) is 11.8 Å². The lowest BCUT2D eigenvalue weighted by molar-refractivity contribution is -0.00198. The van der Waals surface area contributed by atoms with E-state index in [1.54, 1.807) is 0 Å². The molecule has 1 saturated carbocycles. The number of β-amino-alcohol motifs (C(OH)–C–C–N with tert-alkyl or cyclic N) is 1. The van der Waals surface area contributed by atoms with E-state index >= 15 is 0 Å². The molecule has 0 amide bonds. The van der Waals surface area contributed by atoms with Crippen LogP contribution in [0.15, 0.2) is 0 Å². The summed E-state index contributed by atoms with van der Waals surface area (Å²) in [6.07, 6.45) is 7.15. The molecule has 94 valence electrons. The SMILES string of the molecule is CC(C)C1CCN(CC2(O)CCCC2)CC1. The fourth-order valence-electron chi connectivity index (χ4n) is 3.39. The summed E-state index contributed by atoms with van der Waals surface area (Å²) in [5, 5.41) is 10.4. The van der Waals surface area contributed by atoms with Gasteiger partial charge in [0.15, 0.2) is 0 Å².